The number of hydrogen-bond donors (Lipinski definition) is 1. The standard InChI is InChI=1S/C14H22N2O/c1-3-14(15)12-4-6-13(7-5-12)16-8-9-17-10-11(16)2/h4-7,11,14H,3,8-10,15H2,1-2H3/t11?,14-/m1/s1. The normalized spacial score (nSPS) is 22.5. The summed E-state index contributed by atoms with van der Waals surface area (Å²) in [5, 5.41) is 0. The van der Waals surface area contributed by atoms with Crippen LogP contribution < -0.4 is 10.6 Å². The third-order valence-electron chi connectivity index (χ3n) is 3.46. The van der Waals surface area contributed by atoms with Gasteiger partial charge >= 0.3 is 0 Å². The molecular formula is C14H22N2O. The molecule has 1 aromatic rings. The lowest BCUT2D eigenvalue weighted by Crippen LogP contribution is -2.43. The maximum atomic E-state index is 6.02. The molecule has 1 heterocycles. The van der Waals surface area contributed by atoms with E-state index in [-0.39, 0.29) is 6.04 Å². The van der Waals surface area contributed by atoms with Gasteiger partial charge in [0.05, 0.1) is 13.2 Å². The largest absolute Gasteiger partial charge is 0.377 e. The van der Waals surface area contributed by atoms with Crippen LogP contribution in [0.3, 0.4) is 0 Å². The molecule has 1 fully saturated rings. The maximum absolute atomic E-state index is 6.02. The zero-order valence-electron chi connectivity index (χ0n) is 10.7. The van der Waals surface area contributed by atoms with Crippen molar-refractivity contribution in [3.05, 3.63) is 29.8 Å². The summed E-state index contributed by atoms with van der Waals surface area (Å²) in [6, 6.07) is 9.25. The monoisotopic (exact) mass is 234 g/mol. The number of nitrogens with two attached hydrogens (primary N) is 1. The highest BCUT2D eigenvalue weighted by atomic mass is 16.5. The van der Waals surface area contributed by atoms with E-state index in [1.807, 2.05) is 0 Å². The summed E-state index contributed by atoms with van der Waals surface area (Å²) < 4.78 is 5.45. The van der Waals surface area contributed by atoms with Gasteiger partial charge in [-0.15, -0.1) is 0 Å². The van der Waals surface area contributed by atoms with Crippen LogP contribution >= 0.6 is 0 Å². The van der Waals surface area contributed by atoms with E-state index < -0.39 is 0 Å². The summed E-state index contributed by atoms with van der Waals surface area (Å²) in [4.78, 5) is 2.39. The Morgan fingerprint density at radius 2 is 2.12 bits per heavy atom. The molecule has 0 radical (unpaired) electrons. The summed E-state index contributed by atoms with van der Waals surface area (Å²) in [7, 11) is 0. The van der Waals surface area contributed by atoms with E-state index in [0.29, 0.717) is 6.04 Å². The number of benzene rings is 1. The van der Waals surface area contributed by atoms with E-state index >= 15 is 0 Å². The number of nitrogens with zero attached hydrogens (tertiary/aromatic N) is 1. The molecule has 0 spiro atoms. The van der Waals surface area contributed by atoms with Crippen molar-refractivity contribution in [2.75, 3.05) is 24.7 Å². The number of hydrogen-bond acceptors (Lipinski definition) is 3. The molecule has 0 bridgehead atoms. The van der Waals surface area contributed by atoms with Crippen LogP contribution in [0.5, 0.6) is 0 Å². The molecule has 3 heteroatoms. The van der Waals surface area contributed by atoms with Crippen molar-refractivity contribution < 1.29 is 4.74 Å². The third kappa shape index (κ3) is 2.79. The van der Waals surface area contributed by atoms with Gasteiger partial charge in [-0.25, -0.2) is 0 Å². The van der Waals surface area contributed by atoms with Gasteiger partial charge in [0.15, 0.2) is 0 Å². The molecule has 1 aliphatic heterocycles. The van der Waals surface area contributed by atoms with Crippen molar-refractivity contribution in [1.29, 1.82) is 0 Å². The summed E-state index contributed by atoms with van der Waals surface area (Å²) >= 11 is 0. The first-order valence-electron chi connectivity index (χ1n) is 6.42. The first-order valence-corrected chi connectivity index (χ1v) is 6.42. The fraction of sp³-hybridized carbons (Fsp3) is 0.571. The molecule has 94 valence electrons. The Labute approximate surface area is 104 Å². The van der Waals surface area contributed by atoms with Gasteiger partial charge < -0.3 is 15.4 Å². The number of rotatable bonds is 3. The smallest absolute Gasteiger partial charge is 0.0668 e. The molecular weight excluding hydrogens is 212 g/mol. The predicted molar refractivity (Wildman–Crippen MR) is 71.3 cm³/mol. The van der Waals surface area contributed by atoms with Crippen LogP contribution in [0.15, 0.2) is 24.3 Å². The topological polar surface area (TPSA) is 38.5 Å². The Morgan fingerprint density at radius 1 is 1.41 bits per heavy atom. The zero-order chi connectivity index (χ0) is 12.3. The fourth-order valence-electron chi connectivity index (χ4n) is 2.26. The molecule has 1 saturated heterocycles. The average Bonchev–Trinajstić information content (AvgIpc) is 2.39. The van der Waals surface area contributed by atoms with E-state index in [2.05, 4.69) is 43.0 Å². The fourth-order valence-corrected chi connectivity index (χ4v) is 2.26. The minimum atomic E-state index is 0.158. The maximum Gasteiger partial charge on any atom is 0.0668 e. The minimum Gasteiger partial charge on any atom is -0.377 e. The molecule has 2 atom stereocenters. The van der Waals surface area contributed by atoms with E-state index in [0.717, 1.165) is 26.2 Å². The second kappa shape index (κ2) is 5.52. The van der Waals surface area contributed by atoms with E-state index in [4.69, 9.17) is 10.5 Å². The zero-order valence-corrected chi connectivity index (χ0v) is 10.7. The second-order valence-corrected chi connectivity index (χ2v) is 4.72. The van der Waals surface area contributed by atoms with Gasteiger partial charge in [-0.05, 0) is 31.0 Å². The Kier molecular flexibility index (Phi) is 4.02. The van der Waals surface area contributed by atoms with Gasteiger partial charge in [-0.1, -0.05) is 19.1 Å². The second-order valence-electron chi connectivity index (χ2n) is 4.72. The van der Waals surface area contributed by atoms with Crippen molar-refractivity contribution in [3.63, 3.8) is 0 Å². The Hall–Kier alpha value is -1.06. The lowest BCUT2D eigenvalue weighted by Gasteiger charge is -2.35. The lowest BCUT2D eigenvalue weighted by molar-refractivity contribution is 0.0989. The average molecular weight is 234 g/mol. The number of anilines is 1. The van der Waals surface area contributed by atoms with Crippen molar-refractivity contribution in [3.8, 4) is 0 Å². The van der Waals surface area contributed by atoms with Crippen LogP contribution in [0.25, 0.3) is 0 Å². The summed E-state index contributed by atoms with van der Waals surface area (Å²) in [5.74, 6) is 0. The van der Waals surface area contributed by atoms with Crippen LogP contribution in [-0.4, -0.2) is 25.8 Å². The summed E-state index contributed by atoms with van der Waals surface area (Å²) in [6.07, 6.45) is 0.979. The summed E-state index contributed by atoms with van der Waals surface area (Å²) in [5.41, 5.74) is 8.51. The van der Waals surface area contributed by atoms with E-state index in [9.17, 15) is 0 Å². The molecule has 1 aliphatic rings. The Morgan fingerprint density at radius 3 is 2.71 bits per heavy atom. The molecule has 0 aliphatic carbocycles. The molecule has 1 aromatic carbocycles. The Bertz CT molecular complexity index is 350. The minimum absolute atomic E-state index is 0.158. The van der Waals surface area contributed by atoms with Crippen molar-refractivity contribution >= 4 is 5.69 Å². The SMILES string of the molecule is CC[C@@H](N)c1ccc(N2CCOCC2C)cc1. The molecule has 0 aromatic heterocycles. The molecule has 0 amide bonds. The van der Waals surface area contributed by atoms with Gasteiger partial charge in [0.25, 0.3) is 0 Å². The van der Waals surface area contributed by atoms with Crippen molar-refractivity contribution in [2.24, 2.45) is 5.73 Å². The van der Waals surface area contributed by atoms with Crippen LogP contribution in [0.1, 0.15) is 31.9 Å². The quantitative estimate of drug-likeness (QED) is 0.872. The van der Waals surface area contributed by atoms with Crippen LogP contribution in [0.4, 0.5) is 5.69 Å². The number of morpholine rings is 1. The van der Waals surface area contributed by atoms with Gasteiger partial charge in [0.1, 0.15) is 0 Å². The van der Waals surface area contributed by atoms with E-state index in [1.165, 1.54) is 11.3 Å². The van der Waals surface area contributed by atoms with Gasteiger partial charge in [-0.3, -0.25) is 0 Å². The van der Waals surface area contributed by atoms with Crippen LogP contribution in [0, 0.1) is 0 Å². The number of ether oxygens (including phenoxy) is 1. The first kappa shape index (κ1) is 12.4. The van der Waals surface area contributed by atoms with Crippen LogP contribution in [-0.2, 0) is 4.74 Å². The first-order chi connectivity index (χ1) is 8.22. The summed E-state index contributed by atoms with van der Waals surface area (Å²) in [6.45, 7) is 6.92. The molecule has 17 heavy (non-hydrogen) atoms. The highest BCUT2D eigenvalue weighted by Crippen LogP contribution is 2.22. The van der Waals surface area contributed by atoms with Gasteiger partial charge in [-0.2, -0.15) is 0 Å². The molecule has 2 rings (SSSR count). The van der Waals surface area contributed by atoms with Gasteiger partial charge in [0.2, 0.25) is 0 Å². The van der Waals surface area contributed by atoms with Crippen molar-refractivity contribution in [2.45, 2.75) is 32.4 Å². The van der Waals surface area contributed by atoms with E-state index in [1.54, 1.807) is 0 Å². The highest BCUT2D eigenvalue weighted by molar-refractivity contribution is 5.49. The lowest BCUT2D eigenvalue weighted by atomic mass is 10.0. The van der Waals surface area contributed by atoms with Crippen LogP contribution in [0.2, 0.25) is 0 Å². The Balaban J connectivity index is 2.11. The molecule has 2 N–H and O–H groups in total. The third-order valence-corrected chi connectivity index (χ3v) is 3.46. The van der Waals surface area contributed by atoms with Gasteiger partial charge in [0, 0.05) is 24.3 Å². The predicted octanol–water partition coefficient (Wildman–Crippen LogP) is 2.32. The molecule has 0 saturated carbocycles. The molecule has 3 nitrogen and oxygen atoms in total. The van der Waals surface area contributed by atoms with Crippen molar-refractivity contribution in [1.82, 2.24) is 0 Å². The highest BCUT2D eigenvalue weighted by Gasteiger charge is 2.18. The molecule has 1 unspecified atom stereocenters.